The van der Waals surface area contributed by atoms with E-state index < -0.39 is 0 Å². The second-order valence-corrected chi connectivity index (χ2v) is 6.23. The highest BCUT2D eigenvalue weighted by atomic mass is 32.2. The molecule has 0 aliphatic carbocycles. The van der Waals surface area contributed by atoms with E-state index >= 15 is 0 Å². The molecule has 0 spiro atoms. The van der Waals surface area contributed by atoms with Crippen LogP contribution in [0.3, 0.4) is 0 Å². The molecule has 0 radical (unpaired) electrons. The van der Waals surface area contributed by atoms with Gasteiger partial charge in [0.2, 0.25) is 0 Å². The van der Waals surface area contributed by atoms with Crippen molar-refractivity contribution in [1.82, 2.24) is 0 Å². The van der Waals surface area contributed by atoms with Crippen LogP contribution >= 0.6 is 11.8 Å². The van der Waals surface area contributed by atoms with Crippen LogP contribution in [0.4, 0.5) is 0 Å². The number of thioether (sulfide) groups is 1. The largest absolute Gasteiger partial charge is 0.462 e. The topological polar surface area (TPSA) is 39.4 Å². The minimum atomic E-state index is -0.325. The number of furan rings is 1. The minimum absolute atomic E-state index is 0.325. The van der Waals surface area contributed by atoms with Crippen molar-refractivity contribution in [1.29, 1.82) is 0 Å². The molecule has 0 saturated carbocycles. The molecule has 0 aliphatic rings. The molecule has 0 atom stereocenters. The van der Waals surface area contributed by atoms with E-state index in [-0.39, 0.29) is 5.97 Å². The highest BCUT2D eigenvalue weighted by Gasteiger charge is 2.19. The third kappa shape index (κ3) is 3.42. The SMILES string of the molecule is CCOC(=O)c1c(C)oc2ccc(SCc3ccccc3)cc12. The molecule has 0 saturated heterocycles. The molecule has 0 amide bonds. The zero-order valence-corrected chi connectivity index (χ0v) is 14.0. The van der Waals surface area contributed by atoms with Crippen LogP contribution in [0, 0.1) is 6.92 Å². The Morgan fingerprint density at radius 1 is 1.17 bits per heavy atom. The van der Waals surface area contributed by atoms with E-state index in [1.807, 2.05) is 36.4 Å². The molecule has 0 aliphatic heterocycles. The predicted octanol–water partition coefficient (Wildman–Crippen LogP) is 5.21. The standard InChI is InChI=1S/C19H18O3S/c1-3-21-19(20)18-13(2)22-17-10-9-15(11-16(17)18)23-12-14-7-5-4-6-8-14/h4-11H,3,12H2,1-2H3. The van der Waals surface area contributed by atoms with E-state index in [9.17, 15) is 4.79 Å². The lowest BCUT2D eigenvalue weighted by molar-refractivity contribution is 0.0526. The van der Waals surface area contributed by atoms with Gasteiger partial charge >= 0.3 is 5.97 Å². The van der Waals surface area contributed by atoms with Gasteiger partial charge < -0.3 is 9.15 Å². The summed E-state index contributed by atoms with van der Waals surface area (Å²) in [6, 6.07) is 16.3. The molecule has 2 aromatic carbocycles. The van der Waals surface area contributed by atoms with Crippen molar-refractivity contribution in [2.75, 3.05) is 6.61 Å². The first-order chi connectivity index (χ1) is 11.2. The molecule has 4 heteroatoms. The van der Waals surface area contributed by atoms with Crippen molar-refractivity contribution in [2.45, 2.75) is 24.5 Å². The van der Waals surface area contributed by atoms with Crippen molar-refractivity contribution in [2.24, 2.45) is 0 Å². The number of rotatable bonds is 5. The summed E-state index contributed by atoms with van der Waals surface area (Å²) in [4.78, 5) is 13.2. The Morgan fingerprint density at radius 3 is 2.70 bits per heavy atom. The Morgan fingerprint density at radius 2 is 1.96 bits per heavy atom. The van der Waals surface area contributed by atoms with Gasteiger partial charge in [-0.25, -0.2) is 4.79 Å². The fourth-order valence-electron chi connectivity index (χ4n) is 2.49. The van der Waals surface area contributed by atoms with Crippen LogP contribution in [0.5, 0.6) is 0 Å². The molecular weight excluding hydrogens is 308 g/mol. The number of carbonyl (C=O) groups excluding carboxylic acids is 1. The Labute approximate surface area is 139 Å². The van der Waals surface area contributed by atoms with E-state index in [1.54, 1.807) is 25.6 Å². The number of ether oxygens (including phenoxy) is 1. The number of fused-ring (bicyclic) bond motifs is 1. The molecule has 118 valence electrons. The molecule has 0 N–H and O–H groups in total. The summed E-state index contributed by atoms with van der Waals surface area (Å²) in [6.45, 7) is 3.95. The molecule has 1 aromatic heterocycles. The van der Waals surface area contributed by atoms with Crippen LogP contribution in [-0.2, 0) is 10.5 Å². The second kappa shape index (κ2) is 6.92. The highest BCUT2D eigenvalue weighted by molar-refractivity contribution is 7.98. The van der Waals surface area contributed by atoms with Gasteiger partial charge in [0, 0.05) is 16.0 Å². The monoisotopic (exact) mass is 326 g/mol. The lowest BCUT2D eigenvalue weighted by atomic mass is 10.1. The minimum Gasteiger partial charge on any atom is -0.462 e. The average Bonchev–Trinajstić information content (AvgIpc) is 2.89. The third-order valence-electron chi connectivity index (χ3n) is 3.56. The summed E-state index contributed by atoms with van der Waals surface area (Å²) in [7, 11) is 0. The number of benzene rings is 2. The number of aryl methyl sites for hydroxylation is 1. The van der Waals surface area contributed by atoms with Crippen molar-refractivity contribution in [3.63, 3.8) is 0 Å². The Bertz CT molecular complexity index is 821. The summed E-state index contributed by atoms with van der Waals surface area (Å²) in [5.74, 6) is 1.16. The quantitative estimate of drug-likeness (QED) is 0.476. The van der Waals surface area contributed by atoms with Crippen LogP contribution < -0.4 is 0 Å². The average molecular weight is 326 g/mol. The van der Waals surface area contributed by atoms with E-state index in [4.69, 9.17) is 9.15 Å². The first-order valence-electron chi connectivity index (χ1n) is 7.56. The number of hydrogen-bond acceptors (Lipinski definition) is 4. The summed E-state index contributed by atoms with van der Waals surface area (Å²) in [5.41, 5.74) is 2.52. The van der Waals surface area contributed by atoms with Crippen molar-refractivity contribution < 1.29 is 13.9 Å². The molecule has 3 rings (SSSR count). The van der Waals surface area contributed by atoms with Gasteiger partial charge in [-0.2, -0.15) is 0 Å². The van der Waals surface area contributed by atoms with Crippen molar-refractivity contribution in [3.8, 4) is 0 Å². The van der Waals surface area contributed by atoms with Crippen LogP contribution in [0.15, 0.2) is 57.8 Å². The maximum absolute atomic E-state index is 12.1. The van der Waals surface area contributed by atoms with Crippen LogP contribution in [0.1, 0.15) is 28.6 Å². The lowest BCUT2D eigenvalue weighted by Crippen LogP contribution is -2.05. The van der Waals surface area contributed by atoms with Gasteiger partial charge in [-0.3, -0.25) is 0 Å². The first-order valence-corrected chi connectivity index (χ1v) is 8.54. The molecule has 0 bridgehead atoms. The van der Waals surface area contributed by atoms with Gasteiger partial charge in [0.1, 0.15) is 16.9 Å². The van der Waals surface area contributed by atoms with Crippen LogP contribution in [-0.4, -0.2) is 12.6 Å². The lowest BCUT2D eigenvalue weighted by Gasteiger charge is -2.03. The third-order valence-corrected chi connectivity index (χ3v) is 4.63. The molecular formula is C19H18O3S. The summed E-state index contributed by atoms with van der Waals surface area (Å²) in [5, 5.41) is 0.819. The summed E-state index contributed by atoms with van der Waals surface area (Å²) in [6.07, 6.45) is 0. The van der Waals surface area contributed by atoms with Gasteiger partial charge in [-0.15, -0.1) is 11.8 Å². The Balaban J connectivity index is 1.88. The molecule has 23 heavy (non-hydrogen) atoms. The van der Waals surface area contributed by atoms with E-state index in [1.165, 1.54) is 5.56 Å². The van der Waals surface area contributed by atoms with Crippen molar-refractivity contribution >= 4 is 28.7 Å². The van der Waals surface area contributed by atoms with Crippen molar-refractivity contribution in [3.05, 3.63) is 65.4 Å². The zero-order valence-electron chi connectivity index (χ0n) is 13.2. The molecule has 0 fully saturated rings. The maximum atomic E-state index is 12.1. The maximum Gasteiger partial charge on any atom is 0.342 e. The summed E-state index contributed by atoms with van der Waals surface area (Å²) < 4.78 is 10.8. The van der Waals surface area contributed by atoms with Gasteiger partial charge in [-0.05, 0) is 37.6 Å². The fraction of sp³-hybridized carbons (Fsp3) is 0.211. The Hall–Kier alpha value is -2.20. The number of hydrogen-bond donors (Lipinski definition) is 0. The molecule has 3 nitrogen and oxygen atoms in total. The Kier molecular flexibility index (Phi) is 4.72. The van der Waals surface area contributed by atoms with Gasteiger partial charge in [0.15, 0.2) is 0 Å². The van der Waals surface area contributed by atoms with E-state index in [0.29, 0.717) is 17.9 Å². The highest BCUT2D eigenvalue weighted by Crippen LogP contribution is 2.31. The normalized spacial score (nSPS) is 10.9. The molecule has 3 aromatic rings. The van der Waals surface area contributed by atoms with Gasteiger partial charge in [0.25, 0.3) is 0 Å². The molecule has 1 heterocycles. The van der Waals surface area contributed by atoms with E-state index in [0.717, 1.165) is 21.6 Å². The van der Waals surface area contributed by atoms with E-state index in [2.05, 4.69) is 12.1 Å². The van der Waals surface area contributed by atoms with Gasteiger partial charge in [-0.1, -0.05) is 30.3 Å². The van der Waals surface area contributed by atoms with Crippen LogP contribution in [0.2, 0.25) is 0 Å². The first kappa shape index (κ1) is 15.7. The van der Waals surface area contributed by atoms with Gasteiger partial charge in [0.05, 0.1) is 6.61 Å². The smallest absolute Gasteiger partial charge is 0.342 e. The van der Waals surface area contributed by atoms with Crippen LogP contribution in [0.25, 0.3) is 11.0 Å². The summed E-state index contributed by atoms with van der Waals surface area (Å²) >= 11 is 1.74. The predicted molar refractivity (Wildman–Crippen MR) is 92.9 cm³/mol. The molecule has 0 unspecified atom stereocenters. The second-order valence-electron chi connectivity index (χ2n) is 5.19. The zero-order chi connectivity index (χ0) is 16.2. The fourth-order valence-corrected chi connectivity index (χ4v) is 3.38. The number of esters is 1. The number of carbonyl (C=O) groups is 1.